The molecule has 0 spiro atoms. The zero-order chi connectivity index (χ0) is 18.4. The quantitative estimate of drug-likeness (QED) is 0.781. The van der Waals surface area contributed by atoms with Gasteiger partial charge in [-0.25, -0.2) is 4.79 Å². The molecule has 144 valence electrons. The van der Waals surface area contributed by atoms with Crippen LogP contribution in [0.15, 0.2) is 0 Å². The van der Waals surface area contributed by atoms with Gasteiger partial charge in [-0.1, -0.05) is 0 Å². The van der Waals surface area contributed by atoms with Gasteiger partial charge >= 0.3 is 6.09 Å². The first-order valence-electron chi connectivity index (χ1n) is 8.93. The van der Waals surface area contributed by atoms with E-state index < -0.39 is 29.9 Å². The number of amides is 1. The monoisotopic (exact) mass is 358 g/mol. The lowest BCUT2D eigenvalue weighted by molar-refractivity contribution is -0.216. The molecule has 0 aromatic heterocycles. The summed E-state index contributed by atoms with van der Waals surface area (Å²) in [7, 11) is 0. The number of fused-ring (bicyclic) bond motifs is 1. The van der Waals surface area contributed by atoms with E-state index in [0.717, 1.165) is 0 Å². The van der Waals surface area contributed by atoms with E-state index >= 15 is 0 Å². The molecular formula is C17H30N2O6. The predicted molar refractivity (Wildman–Crippen MR) is 89.0 cm³/mol. The van der Waals surface area contributed by atoms with Crippen LogP contribution in [0, 0.1) is 0 Å². The van der Waals surface area contributed by atoms with Crippen molar-refractivity contribution in [3.63, 3.8) is 0 Å². The Morgan fingerprint density at radius 3 is 2.40 bits per heavy atom. The van der Waals surface area contributed by atoms with Gasteiger partial charge in [-0.15, -0.1) is 0 Å². The minimum Gasteiger partial charge on any atom is -0.444 e. The van der Waals surface area contributed by atoms with Gasteiger partial charge < -0.3 is 29.0 Å². The van der Waals surface area contributed by atoms with Gasteiger partial charge in [-0.3, -0.25) is 4.90 Å². The van der Waals surface area contributed by atoms with Crippen LogP contribution in [-0.4, -0.2) is 89.7 Å². The van der Waals surface area contributed by atoms with Crippen LogP contribution in [0.2, 0.25) is 0 Å². The van der Waals surface area contributed by atoms with Crippen molar-refractivity contribution >= 4 is 6.09 Å². The summed E-state index contributed by atoms with van der Waals surface area (Å²) < 4.78 is 22.6. The highest BCUT2D eigenvalue weighted by Crippen LogP contribution is 2.37. The fraction of sp³-hybridized carbons (Fsp3) is 0.941. The summed E-state index contributed by atoms with van der Waals surface area (Å²) in [5, 5.41) is 10.4. The molecule has 8 heteroatoms. The van der Waals surface area contributed by atoms with E-state index in [1.807, 2.05) is 34.6 Å². The Labute approximate surface area is 148 Å². The zero-order valence-electron chi connectivity index (χ0n) is 15.7. The smallest absolute Gasteiger partial charge is 0.410 e. The van der Waals surface area contributed by atoms with Crippen molar-refractivity contribution in [1.29, 1.82) is 0 Å². The second-order valence-electron chi connectivity index (χ2n) is 8.40. The average Bonchev–Trinajstić information content (AvgIpc) is 2.92. The molecule has 1 N–H and O–H groups in total. The van der Waals surface area contributed by atoms with Crippen LogP contribution in [0.4, 0.5) is 4.79 Å². The summed E-state index contributed by atoms with van der Waals surface area (Å²) in [5.41, 5.74) is -0.485. The van der Waals surface area contributed by atoms with Gasteiger partial charge in [-0.2, -0.15) is 0 Å². The van der Waals surface area contributed by atoms with Gasteiger partial charge in [0, 0.05) is 32.7 Å². The lowest BCUT2D eigenvalue weighted by Gasteiger charge is -2.37. The summed E-state index contributed by atoms with van der Waals surface area (Å²) in [5.74, 6) is -0.722. The van der Waals surface area contributed by atoms with Crippen molar-refractivity contribution in [3.8, 4) is 0 Å². The molecule has 0 radical (unpaired) electrons. The maximum atomic E-state index is 12.1. The van der Waals surface area contributed by atoms with Gasteiger partial charge in [0.15, 0.2) is 12.1 Å². The molecule has 8 nitrogen and oxygen atoms in total. The van der Waals surface area contributed by atoms with E-state index in [4.69, 9.17) is 18.9 Å². The Morgan fingerprint density at radius 1 is 1.20 bits per heavy atom. The first-order chi connectivity index (χ1) is 11.5. The van der Waals surface area contributed by atoms with Crippen molar-refractivity contribution in [2.75, 3.05) is 32.7 Å². The van der Waals surface area contributed by atoms with E-state index in [2.05, 4.69) is 4.90 Å². The molecule has 0 bridgehead atoms. The SMILES string of the molecule is CC(C)(C)OC(=O)N1CCN(C[C@@H]2O[C@H]3OC(C)(C)O[C@H]3[C@@H]2O)CC1. The summed E-state index contributed by atoms with van der Waals surface area (Å²) in [6.07, 6.45) is -2.29. The Morgan fingerprint density at radius 2 is 1.84 bits per heavy atom. The molecule has 3 rings (SSSR count). The minimum absolute atomic E-state index is 0.275. The third kappa shape index (κ3) is 4.43. The Bertz CT molecular complexity index is 498. The highest BCUT2D eigenvalue weighted by Gasteiger charge is 2.54. The highest BCUT2D eigenvalue weighted by atomic mass is 16.8. The number of aliphatic hydroxyl groups is 1. The van der Waals surface area contributed by atoms with Crippen LogP contribution >= 0.6 is 0 Å². The Hall–Kier alpha value is -0.930. The standard InChI is InChI=1S/C17H30N2O6/c1-16(2,3)25-15(21)19-8-6-18(7-9-19)10-11-12(20)13-14(22-11)24-17(4,5)23-13/h11-14,20H,6-10H2,1-5H3/t11-,12+,13-,14-/m0/s1. The maximum absolute atomic E-state index is 12.1. The van der Waals surface area contributed by atoms with Crippen LogP contribution < -0.4 is 0 Å². The third-order valence-corrected chi connectivity index (χ3v) is 4.58. The largest absolute Gasteiger partial charge is 0.444 e. The molecule has 3 aliphatic heterocycles. The normalized spacial score (nSPS) is 35.7. The lowest BCUT2D eigenvalue weighted by Crippen LogP contribution is -2.52. The van der Waals surface area contributed by atoms with Crippen LogP contribution in [0.1, 0.15) is 34.6 Å². The van der Waals surface area contributed by atoms with Gasteiger partial charge in [0.05, 0.1) is 0 Å². The number of carbonyl (C=O) groups is 1. The van der Waals surface area contributed by atoms with Crippen molar-refractivity contribution in [2.24, 2.45) is 0 Å². The van der Waals surface area contributed by atoms with Gasteiger partial charge in [-0.05, 0) is 34.6 Å². The van der Waals surface area contributed by atoms with Crippen LogP contribution in [0.25, 0.3) is 0 Å². The summed E-state index contributed by atoms with van der Waals surface area (Å²) in [4.78, 5) is 16.0. The molecule has 0 aromatic carbocycles. The fourth-order valence-electron chi connectivity index (χ4n) is 3.40. The average molecular weight is 358 g/mol. The van der Waals surface area contributed by atoms with Gasteiger partial charge in [0.25, 0.3) is 0 Å². The number of rotatable bonds is 2. The number of carbonyl (C=O) groups excluding carboxylic acids is 1. The van der Waals surface area contributed by atoms with Gasteiger partial charge in [0.1, 0.15) is 23.9 Å². The summed E-state index contributed by atoms with van der Waals surface area (Å²) in [6.45, 7) is 12.4. The molecule has 3 fully saturated rings. The van der Waals surface area contributed by atoms with Crippen molar-refractivity contribution in [3.05, 3.63) is 0 Å². The Kier molecular flexibility index (Phi) is 5.02. The molecule has 0 saturated carbocycles. The first-order valence-corrected chi connectivity index (χ1v) is 8.93. The van der Waals surface area contributed by atoms with Crippen LogP contribution in [-0.2, 0) is 18.9 Å². The lowest BCUT2D eigenvalue weighted by atomic mass is 10.1. The fourth-order valence-corrected chi connectivity index (χ4v) is 3.40. The summed E-state index contributed by atoms with van der Waals surface area (Å²) >= 11 is 0. The number of hydrogen-bond acceptors (Lipinski definition) is 7. The van der Waals surface area contributed by atoms with Crippen LogP contribution in [0.3, 0.4) is 0 Å². The molecule has 0 unspecified atom stereocenters. The molecule has 0 aromatic rings. The minimum atomic E-state index is -0.722. The van der Waals surface area contributed by atoms with Crippen molar-refractivity contribution in [1.82, 2.24) is 9.80 Å². The second kappa shape index (κ2) is 6.66. The molecule has 3 heterocycles. The van der Waals surface area contributed by atoms with E-state index in [1.165, 1.54) is 0 Å². The highest BCUT2D eigenvalue weighted by molar-refractivity contribution is 5.68. The number of hydrogen-bond donors (Lipinski definition) is 1. The zero-order valence-corrected chi connectivity index (χ0v) is 15.7. The third-order valence-electron chi connectivity index (χ3n) is 4.58. The molecule has 4 atom stereocenters. The topological polar surface area (TPSA) is 80.7 Å². The number of piperazine rings is 1. The molecule has 0 aliphatic carbocycles. The van der Waals surface area contributed by atoms with Crippen LogP contribution in [0.5, 0.6) is 0 Å². The van der Waals surface area contributed by atoms with E-state index in [1.54, 1.807) is 4.90 Å². The molecule has 3 saturated heterocycles. The van der Waals surface area contributed by atoms with E-state index in [-0.39, 0.29) is 12.2 Å². The number of ether oxygens (including phenoxy) is 4. The molecular weight excluding hydrogens is 328 g/mol. The van der Waals surface area contributed by atoms with Gasteiger partial charge in [0.2, 0.25) is 0 Å². The Balaban J connectivity index is 1.45. The summed E-state index contributed by atoms with van der Waals surface area (Å²) in [6, 6.07) is 0. The van der Waals surface area contributed by atoms with Crippen molar-refractivity contribution < 1.29 is 28.8 Å². The van der Waals surface area contributed by atoms with Crippen molar-refractivity contribution in [2.45, 2.75) is 70.6 Å². The predicted octanol–water partition coefficient (Wildman–Crippen LogP) is 0.776. The molecule has 3 aliphatic rings. The van der Waals surface area contributed by atoms with E-state index in [0.29, 0.717) is 32.7 Å². The number of nitrogens with zero attached hydrogens (tertiary/aromatic N) is 2. The molecule has 25 heavy (non-hydrogen) atoms. The second-order valence-corrected chi connectivity index (χ2v) is 8.40. The first kappa shape index (κ1) is 18.8. The maximum Gasteiger partial charge on any atom is 0.410 e. The molecule has 1 amide bonds. The number of aliphatic hydroxyl groups excluding tert-OH is 1. The van der Waals surface area contributed by atoms with E-state index in [9.17, 15) is 9.90 Å².